The minimum Gasteiger partial charge on any atom is -0.362 e. The Kier molecular flexibility index (Phi) is 10.9. The highest BCUT2D eigenvalue weighted by molar-refractivity contribution is 5.76. The van der Waals surface area contributed by atoms with Gasteiger partial charge in [-0.2, -0.15) is 0 Å². The van der Waals surface area contributed by atoms with Crippen LogP contribution in [-0.4, -0.2) is 16.0 Å². The van der Waals surface area contributed by atoms with Gasteiger partial charge in [0, 0.05) is 5.41 Å². The van der Waals surface area contributed by atoms with E-state index in [9.17, 15) is 10.2 Å². The molecule has 0 spiro atoms. The average Bonchev–Trinajstić information content (AvgIpc) is 2.75. The molecule has 0 radical (unpaired) electrons. The number of aliphatic hydroxyl groups is 2. The number of allylic oxidation sites excluding steroid dienone is 2. The molecule has 1 aliphatic carbocycles. The smallest absolute Gasteiger partial charge is 0.192 e. The maximum Gasteiger partial charge on any atom is 0.192 e. The second-order valence-electron chi connectivity index (χ2n) is 9.22. The van der Waals surface area contributed by atoms with Crippen molar-refractivity contribution >= 4 is 5.57 Å². The first kappa shape index (κ1) is 24.9. The zero-order chi connectivity index (χ0) is 21.7. The topological polar surface area (TPSA) is 40.5 Å². The van der Waals surface area contributed by atoms with E-state index in [1.165, 1.54) is 64.2 Å². The van der Waals surface area contributed by atoms with Crippen molar-refractivity contribution in [2.45, 2.75) is 110 Å². The van der Waals surface area contributed by atoms with E-state index in [-0.39, 0.29) is 0 Å². The van der Waals surface area contributed by atoms with Gasteiger partial charge in [-0.15, -0.1) is 0 Å². The van der Waals surface area contributed by atoms with E-state index in [1.54, 1.807) is 6.08 Å². The SMILES string of the molecule is CCCCCCCCC1(CCCCCCCC)C=C(c2ccccc2)C=CC1(O)O. The van der Waals surface area contributed by atoms with Gasteiger partial charge in [-0.05, 0) is 30.1 Å². The lowest BCUT2D eigenvalue weighted by Crippen LogP contribution is -2.47. The lowest BCUT2D eigenvalue weighted by Gasteiger charge is -2.43. The van der Waals surface area contributed by atoms with Gasteiger partial charge in [0.15, 0.2) is 5.79 Å². The van der Waals surface area contributed by atoms with Crippen LogP contribution in [0.3, 0.4) is 0 Å². The lowest BCUT2D eigenvalue weighted by atomic mass is 9.67. The molecule has 0 atom stereocenters. The van der Waals surface area contributed by atoms with Crippen LogP contribution in [0, 0.1) is 5.41 Å². The summed E-state index contributed by atoms with van der Waals surface area (Å²) in [6, 6.07) is 10.3. The highest BCUT2D eigenvalue weighted by Gasteiger charge is 2.47. The van der Waals surface area contributed by atoms with Crippen LogP contribution in [0.2, 0.25) is 0 Å². The molecule has 0 aromatic heterocycles. The second kappa shape index (κ2) is 13.1. The molecule has 0 amide bonds. The van der Waals surface area contributed by atoms with Gasteiger partial charge in [0.2, 0.25) is 0 Å². The van der Waals surface area contributed by atoms with Crippen LogP contribution in [0.1, 0.15) is 109 Å². The molecule has 2 nitrogen and oxygen atoms in total. The predicted octanol–water partition coefficient (Wildman–Crippen LogP) is 7.81. The maximum atomic E-state index is 11.1. The van der Waals surface area contributed by atoms with Crippen LogP contribution in [0.25, 0.3) is 5.57 Å². The summed E-state index contributed by atoms with van der Waals surface area (Å²) in [6.07, 6.45) is 22.0. The fourth-order valence-electron chi connectivity index (χ4n) is 4.71. The zero-order valence-corrected chi connectivity index (χ0v) is 19.4. The third kappa shape index (κ3) is 7.39. The number of rotatable bonds is 15. The fraction of sp³-hybridized carbons (Fsp3) is 0.643. The van der Waals surface area contributed by atoms with Gasteiger partial charge < -0.3 is 10.2 Å². The summed E-state index contributed by atoms with van der Waals surface area (Å²) in [5.74, 6) is -1.77. The van der Waals surface area contributed by atoms with Crippen molar-refractivity contribution in [1.29, 1.82) is 0 Å². The fourth-order valence-corrected chi connectivity index (χ4v) is 4.71. The summed E-state index contributed by atoms with van der Waals surface area (Å²) in [7, 11) is 0. The van der Waals surface area contributed by atoms with Gasteiger partial charge in [0.05, 0.1) is 0 Å². The van der Waals surface area contributed by atoms with Gasteiger partial charge in [0.1, 0.15) is 0 Å². The molecule has 0 fully saturated rings. The molecule has 2 rings (SSSR count). The molecule has 0 bridgehead atoms. The quantitative estimate of drug-likeness (QED) is 0.228. The molecule has 1 aromatic rings. The normalized spacial score (nSPS) is 17.1. The standard InChI is InChI=1S/C28H44O2/c1-3-5-7-9-11-16-21-27(22-17-12-10-8-6-4-2)24-26(20-23-28(27,29)30)25-18-14-13-15-19-25/h13-15,18-20,23-24,29-30H,3-12,16-17,21-22H2,1-2H3. The summed E-state index contributed by atoms with van der Waals surface area (Å²) >= 11 is 0. The van der Waals surface area contributed by atoms with Crippen molar-refractivity contribution in [2.75, 3.05) is 0 Å². The van der Waals surface area contributed by atoms with E-state index in [1.807, 2.05) is 24.3 Å². The maximum absolute atomic E-state index is 11.1. The van der Waals surface area contributed by atoms with Crippen LogP contribution in [-0.2, 0) is 0 Å². The molecule has 1 aromatic carbocycles. The minimum atomic E-state index is -1.77. The van der Waals surface area contributed by atoms with E-state index < -0.39 is 11.2 Å². The Hall–Kier alpha value is -1.38. The average molecular weight is 413 g/mol. The number of benzene rings is 1. The first-order valence-corrected chi connectivity index (χ1v) is 12.5. The van der Waals surface area contributed by atoms with Gasteiger partial charge in [-0.25, -0.2) is 0 Å². The number of unbranched alkanes of at least 4 members (excludes halogenated alkanes) is 10. The summed E-state index contributed by atoms with van der Waals surface area (Å²) < 4.78 is 0. The molecular weight excluding hydrogens is 368 g/mol. The third-order valence-electron chi connectivity index (χ3n) is 6.72. The van der Waals surface area contributed by atoms with Crippen molar-refractivity contribution in [3.63, 3.8) is 0 Å². The number of hydrogen-bond donors (Lipinski definition) is 2. The van der Waals surface area contributed by atoms with E-state index in [0.29, 0.717) is 0 Å². The summed E-state index contributed by atoms with van der Waals surface area (Å²) in [6.45, 7) is 4.48. The molecule has 0 aliphatic heterocycles. The van der Waals surface area contributed by atoms with Crippen LogP contribution in [0.15, 0.2) is 48.6 Å². The van der Waals surface area contributed by atoms with Gasteiger partial charge >= 0.3 is 0 Å². The van der Waals surface area contributed by atoms with Gasteiger partial charge in [0.25, 0.3) is 0 Å². The van der Waals surface area contributed by atoms with Crippen LogP contribution in [0.5, 0.6) is 0 Å². The van der Waals surface area contributed by atoms with E-state index in [0.717, 1.165) is 36.8 Å². The van der Waals surface area contributed by atoms with Crippen LogP contribution in [0.4, 0.5) is 0 Å². The third-order valence-corrected chi connectivity index (χ3v) is 6.72. The van der Waals surface area contributed by atoms with Crippen molar-refractivity contribution in [1.82, 2.24) is 0 Å². The first-order chi connectivity index (χ1) is 14.5. The van der Waals surface area contributed by atoms with Crippen LogP contribution >= 0.6 is 0 Å². The highest BCUT2D eigenvalue weighted by atomic mass is 16.5. The molecule has 0 unspecified atom stereocenters. The molecule has 2 heteroatoms. The predicted molar refractivity (Wildman–Crippen MR) is 129 cm³/mol. The molecule has 168 valence electrons. The molecule has 0 saturated heterocycles. The Morgan fingerprint density at radius 1 is 0.667 bits per heavy atom. The highest BCUT2D eigenvalue weighted by Crippen LogP contribution is 2.47. The number of hydrogen-bond acceptors (Lipinski definition) is 2. The second-order valence-corrected chi connectivity index (χ2v) is 9.22. The van der Waals surface area contributed by atoms with E-state index >= 15 is 0 Å². The Bertz CT molecular complexity index is 626. The molecule has 30 heavy (non-hydrogen) atoms. The summed E-state index contributed by atoms with van der Waals surface area (Å²) in [5.41, 5.74) is 1.67. The Labute approximate surface area is 185 Å². The van der Waals surface area contributed by atoms with Gasteiger partial charge in [-0.3, -0.25) is 0 Å². The summed E-state index contributed by atoms with van der Waals surface area (Å²) in [5, 5.41) is 22.1. The van der Waals surface area contributed by atoms with E-state index in [2.05, 4.69) is 32.1 Å². The zero-order valence-electron chi connectivity index (χ0n) is 19.4. The molecular formula is C28H44O2. The molecule has 0 heterocycles. The Balaban J connectivity index is 2.11. The van der Waals surface area contributed by atoms with Gasteiger partial charge in [-0.1, -0.05) is 133 Å². The molecule has 1 aliphatic rings. The lowest BCUT2D eigenvalue weighted by molar-refractivity contribution is -0.195. The largest absolute Gasteiger partial charge is 0.362 e. The van der Waals surface area contributed by atoms with Crippen LogP contribution < -0.4 is 0 Å². The molecule has 0 saturated carbocycles. The summed E-state index contributed by atoms with van der Waals surface area (Å²) in [4.78, 5) is 0. The van der Waals surface area contributed by atoms with Crippen molar-refractivity contribution in [3.8, 4) is 0 Å². The van der Waals surface area contributed by atoms with Crippen molar-refractivity contribution in [3.05, 3.63) is 54.1 Å². The molecule has 2 N–H and O–H groups in total. The van der Waals surface area contributed by atoms with E-state index in [4.69, 9.17) is 0 Å². The monoisotopic (exact) mass is 412 g/mol. The Morgan fingerprint density at radius 2 is 1.17 bits per heavy atom. The first-order valence-electron chi connectivity index (χ1n) is 12.5. The van der Waals surface area contributed by atoms with Crippen molar-refractivity contribution < 1.29 is 10.2 Å². The van der Waals surface area contributed by atoms with Crippen molar-refractivity contribution in [2.24, 2.45) is 5.41 Å². The Morgan fingerprint density at radius 3 is 1.70 bits per heavy atom. The minimum absolute atomic E-state index is 0.595.